The Morgan fingerprint density at radius 3 is 2.86 bits per heavy atom. The van der Waals surface area contributed by atoms with Crippen molar-refractivity contribution in [2.45, 2.75) is 19.5 Å². The molecule has 3 aromatic rings. The maximum atomic E-state index is 4.35. The zero-order valence-electron chi connectivity index (χ0n) is 11.8. The summed E-state index contributed by atoms with van der Waals surface area (Å²) in [6.07, 6.45) is 5.11. The second-order valence-corrected chi connectivity index (χ2v) is 5.98. The molecule has 3 rings (SSSR count). The normalized spacial score (nSPS) is 11.1. The van der Waals surface area contributed by atoms with Crippen LogP contribution in [0.25, 0.3) is 10.9 Å². The third-order valence-electron chi connectivity index (χ3n) is 3.53. The molecular weight excluding hydrogens is 326 g/mol. The maximum Gasteiger partial charge on any atom is 0.0542 e. The van der Waals surface area contributed by atoms with Gasteiger partial charge in [-0.15, -0.1) is 0 Å². The van der Waals surface area contributed by atoms with Crippen LogP contribution in [0, 0.1) is 0 Å². The van der Waals surface area contributed by atoms with Crippen LogP contribution in [0.2, 0.25) is 0 Å². The standard InChI is InChI=1S/C17H18BrN3/c18-15-6-7-16(20-12-15)13-19-9-3-10-21-11-8-14-4-1-2-5-17(14)21/h1-2,4-8,11-12,19H,3,9-10,13H2. The van der Waals surface area contributed by atoms with E-state index in [1.807, 2.05) is 18.3 Å². The predicted octanol–water partition coefficient (Wildman–Crippen LogP) is 3.98. The van der Waals surface area contributed by atoms with E-state index in [9.17, 15) is 0 Å². The summed E-state index contributed by atoms with van der Waals surface area (Å²) in [5, 5.41) is 4.75. The van der Waals surface area contributed by atoms with E-state index in [1.54, 1.807) is 0 Å². The fourth-order valence-electron chi connectivity index (χ4n) is 2.44. The molecule has 0 bridgehead atoms. The SMILES string of the molecule is Brc1ccc(CNCCCn2ccc3ccccc32)nc1. The molecule has 0 radical (unpaired) electrons. The number of hydrogen-bond acceptors (Lipinski definition) is 2. The summed E-state index contributed by atoms with van der Waals surface area (Å²) in [5.74, 6) is 0. The number of fused-ring (bicyclic) bond motifs is 1. The van der Waals surface area contributed by atoms with Crippen molar-refractivity contribution < 1.29 is 0 Å². The molecule has 0 atom stereocenters. The third-order valence-corrected chi connectivity index (χ3v) is 4.00. The number of nitrogens with one attached hydrogen (secondary N) is 1. The smallest absolute Gasteiger partial charge is 0.0542 e. The molecule has 2 heterocycles. The number of aromatic nitrogens is 2. The second-order valence-electron chi connectivity index (χ2n) is 5.07. The predicted molar refractivity (Wildman–Crippen MR) is 90.2 cm³/mol. The zero-order chi connectivity index (χ0) is 14.5. The van der Waals surface area contributed by atoms with E-state index >= 15 is 0 Å². The highest BCUT2D eigenvalue weighted by molar-refractivity contribution is 9.10. The molecule has 0 fully saturated rings. The van der Waals surface area contributed by atoms with Crippen molar-refractivity contribution in [3.63, 3.8) is 0 Å². The van der Waals surface area contributed by atoms with Gasteiger partial charge in [-0.1, -0.05) is 18.2 Å². The lowest BCUT2D eigenvalue weighted by atomic mass is 10.2. The minimum absolute atomic E-state index is 0.819. The van der Waals surface area contributed by atoms with Crippen molar-refractivity contribution in [2.75, 3.05) is 6.54 Å². The summed E-state index contributed by atoms with van der Waals surface area (Å²) in [6, 6.07) is 14.7. The Morgan fingerprint density at radius 1 is 1.10 bits per heavy atom. The summed E-state index contributed by atoms with van der Waals surface area (Å²) >= 11 is 3.39. The number of benzene rings is 1. The number of hydrogen-bond donors (Lipinski definition) is 1. The van der Waals surface area contributed by atoms with E-state index in [0.29, 0.717) is 0 Å². The molecule has 0 amide bonds. The molecule has 0 aliphatic carbocycles. The van der Waals surface area contributed by atoms with E-state index in [0.717, 1.165) is 36.2 Å². The van der Waals surface area contributed by atoms with Gasteiger partial charge in [-0.3, -0.25) is 4.98 Å². The molecule has 1 N–H and O–H groups in total. The molecule has 0 spiro atoms. The van der Waals surface area contributed by atoms with Crippen LogP contribution in [0.15, 0.2) is 59.3 Å². The number of aryl methyl sites for hydroxylation is 1. The molecule has 0 saturated heterocycles. The van der Waals surface area contributed by atoms with Crippen LogP contribution >= 0.6 is 15.9 Å². The number of rotatable bonds is 6. The first kappa shape index (κ1) is 14.3. The quantitative estimate of drug-likeness (QED) is 0.686. The fourth-order valence-corrected chi connectivity index (χ4v) is 2.67. The third kappa shape index (κ3) is 3.71. The van der Waals surface area contributed by atoms with Crippen molar-refractivity contribution >= 4 is 26.8 Å². The van der Waals surface area contributed by atoms with Gasteiger partial charge in [0.05, 0.1) is 5.69 Å². The second kappa shape index (κ2) is 6.87. The molecule has 3 nitrogen and oxygen atoms in total. The zero-order valence-corrected chi connectivity index (χ0v) is 13.4. The van der Waals surface area contributed by atoms with Crippen molar-refractivity contribution in [1.29, 1.82) is 0 Å². The average Bonchev–Trinajstić information content (AvgIpc) is 2.92. The minimum Gasteiger partial charge on any atom is -0.347 e. The summed E-state index contributed by atoms with van der Waals surface area (Å²) < 4.78 is 3.33. The van der Waals surface area contributed by atoms with Gasteiger partial charge < -0.3 is 9.88 Å². The lowest BCUT2D eigenvalue weighted by Crippen LogP contribution is -2.17. The molecule has 0 unspecified atom stereocenters. The Labute approximate surface area is 133 Å². The van der Waals surface area contributed by atoms with Gasteiger partial charge >= 0.3 is 0 Å². The van der Waals surface area contributed by atoms with Crippen LogP contribution in [0.5, 0.6) is 0 Å². The Kier molecular flexibility index (Phi) is 4.68. The van der Waals surface area contributed by atoms with Gasteiger partial charge in [0.25, 0.3) is 0 Å². The van der Waals surface area contributed by atoms with Gasteiger partial charge in [0.15, 0.2) is 0 Å². The first-order valence-corrected chi connectivity index (χ1v) is 7.97. The van der Waals surface area contributed by atoms with Gasteiger partial charge in [-0.05, 0) is 58.5 Å². The summed E-state index contributed by atoms with van der Waals surface area (Å²) in [6.45, 7) is 2.85. The molecule has 4 heteroatoms. The van der Waals surface area contributed by atoms with Crippen LogP contribution in [-0.4, -0.2) is 16.1 Å². The number of pyridine rings is 1. The van der Waals surface area contributed by atoms with Gasteiger partial charge in [0.2, 0.25) is 0 Å². The molecule has 21 heavy (non-hydrogen) atoms. The highest BCUT2D eigenvalue weighted by atomic mass is 79.9. The molecule has 2 aromatic heterocycles. The van der Waals surface area contributed by atoms with Crippen LogP contribution in [0.1, 0.15) is 12.1 Å². The van der Waals surface area contributed by atoms with Gasteiger partial charge in [-0.25, -0.2) is 0 Å². The molecule has 0 aliphatic heterocycles. The van der Waals surface area contributed by atoms with E-state index in [4.69, 9.17) is 0 Å². The molecule has 1 aromatic carbocycles. The van der Waals surface area contributed by atoms with Gasteiger partial charge in [0.1, 0.15) is 0 Å². The first-order valence-electron chi connectivity index (χ1n) is 7.18. The topological polar surface area (TPSA) is 29.9 Å². The molecule has 0 aliphatic rings. The Morgan fingerprint density at radius 2 is 2.00 bits per heavy atom. The number of para-hydroxylation sites is 1. The molecule has 0 saturated carbocycles. The number of nitrogens with zero attached hydrogens (tertiary/aromatic N) is 2. The summed E-state index contributed by atoms with van der Waals surface area (Å²) in [7, 11) is 0. The van der Waals surface area contributed by atoms with Gasteiger partial charge in [-0.2, -0.15) is 0 Å². The van der Waals surface area contributed by atoms with Crippen molar-refractivity contribution in [2.24, 2.45) is 0 Å². The average molecular weight is 344 g/mol. The van der Waals surface area contributed by atoms with Crippen molar-refractivity contribution in [3.8, 4) is 0 Å². The maximum absolute atomic E-state index is 4.35. The van der Waals surface area contributed by atoms with Crippen LogP contribution in [-0.2, 0) is 13.1 Å². The molecule has 108 valence electrons. The van der Waals surface area contributed by atoms with E-state index < -0.39 is 0 Å². The number of halogens is 1. The van der Waals surface area contributed by atoms with Crippen LogP contribution < -0.4 is 5.32 Å². The fraction of sp³-hybridized carbons (Fsp3) is 0.235. The highest BCUT2D eigenvalue weighted by Crippen LogP contribution is 2.15. The Hall–Kier alpha value is -1.65. The van der Waals surface area contributed by atoms with E-state index in [2.05, 4.69) is 67.3 Å². The molecular formula is C17H18BrN3. The lowest BCUT2D eigenvalue weighted by Gasteiger charge is -2.07. The Bertz CT molecular complexity index is 703. The van der Waals surface area contributed by atoms with Crippen molar-refractivity contribution in [1.82, 2.24) is 14.9 Å². The lowest BCUT2D eigenvalue weighted by molar-refractivity contribution is 0.586. The minimum atomic E-state index is 0.819. The van der Waals surface area contributed by atoms with Crippen molar-refractivity contribution in [3.05, 3.63) is 65.0 Å². The summed E-state index contributed by atoms with van der Waals surface area (Å²) in [4.78, 5) is 4.35. The van der Waals surface area contributed by atoms with E-state index in [-0.39, 0.29) is 0 Å². The van der Waals surface area contributed by atoms with Gasteiger partial charge in [0, 0.05) is 35.5 Å². The van der Waals surface area contributed by atoms with Crippen LogP contribution in [0.4, 0.5) is 0 Å². The highest BCUT2D eigenvalue weighted by Gasteiger charge is 1.99. The Balaban J connectivity index is 1.45. The summed E-state index contributed by atoms with van der Waals surface area (Å²) in [5.41, 5.74) is 2.39. The largest absolute Gasteiger partial charge is 0.347 e. The van der Waals surface area contributed by atoms with Crippen LogP contribution in [0.3, 0.4) is 0 Å². The van der Waals surface area contributed by atoms with E-state index in [1.165, 1.54) is 10.9 Å². The monoisotopic (exact) mass is 343 g/mol. The first-order chi connectivity index (χ1) is 10.3.